The van der Waals surface area contributed by atoms with Gasteiger partial charge in [0, 0.05) is 29.8 Å². The summed E-state index contributed by atoms with van der Waals surface area (Å²) in [6.07, 6.45) is 2.89. The predicted octanol–water partition coefficient (Wildman–Crippen LogP) is 0.643. The summed E-state index contributed by atoms with van der Waals surface area (Å²) in [5, 5.41) is 8.38. The molecule has 1 aromatic carbocycles. The van der Waals surface area contributed by atoms with Crippen LogP contribution < -0.4 is 16.0 Å². The maximum Gasteiger partial charge on any atom is 0.255 e. The number of hydrogen-bond acceptors (Lipinski definition) is 10. The number of imide groups is 1. The zero-order valence-corrected chi connectivity index (χ0v) is 24.5. The van der Waals surface area contributed by atoms with Gasteiger partial charge in [0.2, 0.25) is 17.7 Å². The van der Waals surface area contributed by atoms with Crippen LogP contribution in [0.1, 0.15) is 41.6 Å². The minimum atomic E-state index is -0.715. The van der Waals surface area contributed by atoms with Crippen molar-refractivity contribution in [1.82, 2.24) is 15.5 Å². The molecule has 1 atom stereocenters. The Morgan fingerprint density at radius 1 is 0.881 bits per heavy atom. The molecule has 2 saturated heterocycles. The molecule has 0 aromatic heterocycles. The van der Waals surface area contributed by atoms with Crippen LogP contribution in [0.15, 0.2) is 18.2 Å². The molecule has 13 nitrogen and oxygen atoms in total. The van der Waals surface area contributed by atoms with Crippen molar-refractivity contribution in [3.63, 3.8) is 0 Å². The van der Waals surface area contributed by atoms with E-state index in [1.54, 1.807) is 18.2 Å². The van der Waals surface area contributed by atoms with Gasteiger partial charge in [-0.3, -0.25) is 24.5 Å². The van der Waals surface area contributed by atoms with Crippen molar-refractivity contribution in [2.75, 3.05) is 77.9 Å². The fourth-order valence-corrected chi connectivity index (χ4v) is 4.95. The first-order chi connectivity index (χ1) is 20.0. The molecule has 0 aliphatic carbocycles. The first kappa shape index (κ1) is 33.8. The molecule has 3 aliphatic rings. The van der Waals surface area contributed by atoms with Crippen LogP contribution >= 0.6 is 12.4 Å². The fraction of sp³-hybridized carbons (Fsp3) is 0.643. The molecule has 3 heterocycles. The molecule has 0 bridgehead atoms. The van der Waals surface area contributed by atoms with Crippen LogP contribution in [-0.2, 0) is 44.6 Å². The van der Waals surface area contributed by atoms with Gasteiger partial charge in [-0.2, -0.15) is 0 Å². The van der Waals surface area contributed by atoms with Crippen molar-refractivity contribution in [3.05, 3.63) is 29.3 Å². The number of halogens is 1. The smallest absolute Gasteiger partial charge is 0.255 e. The quantitative estimate of drug-likeness (QED) is 0.169. The summed E-state index contributed by atoms with van der Waals surface area (Å²) in [5.74, 6) is -1.48. The third-order valence-electron chi connectivity index (χ3n) is 7.07. The zero-order valence-electron chi connectivity index (χ0n) is 23.7. The van der Waals surface area contributed by atoms with Gasteiger partial charge in [-0.05, 0) is 44.5 Å². The Labute approximate surface area is 251 Å². The summed E-state index contributed by atoms with van der Waals surface area (Å²) >= 11 is 0. The average Bonchev–Trinajstić information content (AvgIpc) is 3.30. The number of carbonyl (C=O) groups excluding carboxylic acids is 4. The fourth-order valence-electron chi connectivity index (χ4n) is 4.95. The van der Waals surface area contributed by atoms with Gasteiger partial charge < -0.3 is 39.2 Å². The number of carbonyl (C=O) groups is 4. The zero-order chi connectivity index (χ0) is 28.9. The summed E-state index contributed by atoms with van der Waals surface area (Å²) in [7, 11) is 0. The van der Waals surface area contributed by atoms with E-state index in [4.69, 9.17) is 23.7 Å². The molecule has 3 aliphatic heterocycles. The molecule has 1 unspecified atom stereocenters. The number of nitrogens with zero attached hydrogens (tertiary/aromatic N) is 1. The first-order valence-corrected chi connectivity index (χ1v) is 14.2. The molecular formula is C28H41ClN4O9. The van der Waals surface area contributed by atoms with Gasteiger partial charge in [0.1, 0.15) is 12.6 Å². The highest BCUT2D eigenvalue weighted by Crippen LogP contribution is 2.32. The van der Waals surface area contributed by atoms with Crippen LogP contribution in [0.25, 0.3) is 0 Å². The van der Waals surface area contributed by atoms with Gasteiger partial charge in [-0.15, -0.1) is 12.4 Å². The van der Waals surface area contributed by atoms with Crippen LogP contribution in [0.3, 0.4) is 0 Å². The van der Waals surface area contributed by atoms with Gasteiger partial charge in [-0.25, -0.2) is 0 Å². The second-order valence-corrected chi connectivity index (χ2v) is 9.99. The van der Waals surface area contributed by atoms with Crippen molar-refractivity contribution < 1.29 is 42.9 Å². The van der Waals surface area contributed by atoms with Crippen LogP contribution in [0.5, 0.6) is 0 Å². The number of rotatable bonds is 17. The van der Waals surface area contributed by atoms with Crippen molar-refractivity contribution in [3.8, 4) is 0 Å². The molecule has 2 fully saturated rings. The Kier molecular flexibility index (Phi) is 14.6. The molecule has 4 amide bonds. The Hall–Kier alpha value is -2.65. The molecule has 234 valence electrons. The molecule has 14 heteroatoms. The Morgan fingerprint density at radius 3 is 2.19 bits per heavy atom. The molecule has 4 rings (SSSR count). The van der Waals surface area contributed by atoms with Crippen LogP contribution in [0, 0.1) is 0 Å². The number of nitrogens with one attached hydrogen (secondary N) is 3. The van der Waals surface area contributed by atoms with Gasteiger partial charge in [0.25, 0.3) is 5.91 Å². The van der Waals surface area contributed by atoms with Gasteiger partial charge in [0.15, 0.2) is 0 Å². The van der Waals surface area contributed by atoms with E-state index in [9.17, 15) is 19.2 Å². The summed E-state index contributed by atoms with van der Waals surface area (Å²) in [5.41, 5.74) is 1.55. The van der Waals surface area contributed by atoms with Crippen LogP contribution in [-0.4, -0.2) is 113 Å². The van der Waals surface area contributed by atoms with Crippen molar-refractivity contribution in [1.29, 1.82) is 0 Å². The monoisotopic (exact) mass is 612 g/mol. The molecule has 1 aromatic rings. The number of fused-ring (bicyclic) bond motifs is 1. The highest BCUT2D eigenvalue weighted by atomic mass is 35.5. The number of anilines is 1. The van der Waals surface area contributed by atoms with E-state index >= 15 is 0 Å². The van der Waals surface area contributed by atoms with E-state index < -0.39 is 11.9 Å². The minimum Gasteiger partial charge on any atom is -0.377 e. The van der Waals surface area contributed by atoms with E-state index in [1.165, 1.54) is 4.90 Å². The second-order valence-electron chi connectivity index (χ2n) is 9.99. The minimum absolute atomic E-state index is 0. The number of hydrogen-bond donors (Lipinski definition) is 3. The third-order valence-corrected chi connectivity index (χ3v) is 7.07. The SMILES string of the molecule is Cl.O=C1CCC(N2Cc3c(NC(=O)COCCOCCOCCOCCOC4CCNCC4)cccc3C2=O)C(=O)N1. The normalized spacial score (nSPS) is 18.9. The lowest BCUT2D eigenvalue weighted by molar-refractivity contribution is -0.137. The summed E-state index contributed by atoms with van der Waals surface area (Å²) in [6.45, 7) is 5.56. The second kappa shape index (κ2) is 18.1. The number of benzene rings is 1. The molecule has 0 spiro atoms. The maximum atomic E-state index is 12.9. The lowest BCUT2D eigenvalue weighted by Crippen LogP contribution is -2.52. The summed E-state index contributed by atoms with van der Waals surface area (Å²) in [6, 6.07) is 4.33. The molecule has 3 N–H and O–H groups in total. The summed E-state index contributed by atoms with van der Waals surface area (Å²) < 4.78 is 27.6. The van der Waals surface area contributed by atoms with Gasteiger partial charge in [0.05, 0.1) is 59.0 Å². The van der Waals surface area contributed by atoms with Gasteiger partial charge in [-0.1, -0.05) is 6.07 Å². The summed E-state index contributed by atoms with van der Waals surface area (Å²) in [4.78, 5) is 50.5. The largest absolute Gasteiger partial charge is 0.377 e. The highest BCUT2D eigenvalue weighted by Gasteiger charge is 2.39. The average molecular weight is 613 g/mol. The number of piperidine rings is 2. The third kappa shape index (κ3) is 10.3. The van der Waals surface area contributed by atoms with Crippen LogP contribution in [0.4, 0.5) is 5.69 Å². The molecule has 0 saturated carbocycles. The van der Waals surface area contributed by atoms with E-state index in [0.717, 1.165) is 25.9 Å². The van der Waals surface area contributed by atoms with E-state index in [-0.39, 0.29) is 62.7 Å². The lowest BCUT2D eigenvalue weighted by Gasteiger charge is -2.29. The van der Waals surface area contributed by atoms with Crippen molar-refractivity contribution in [2.45, 2.75) is 44.4 Å². The number of ether oxygens (including phenoxy) is 5. The first-order valence-electron chi connectivity index (χ1n) is 14.2. The highest BCUT2D eigenvalue weighted by molar-refractivity contribution is 6.06. The Bertz CT molecular complexity index is 1050. The van der Waals surface area contributed by atoms with E-state index in [0.29, 0.717) is 69.2 Å². The molecular weight excluding hydrogens is 572 g/mol. The number of amides is 4. The lowest BCUT2D eigenvalue weighted by atomic mass is 10.0. The molecule has 0 radical (unpaired) electrons. The van der Waals surface area contributed by atoms with Crippen LogP contribution in [0.2, 0.25) is 0 Å². The topological polar surface area (TPSA) is 154 Å². The standard InChI is InChI=1S/C28H40N4O9.ClH/c33-25-5-4-24(27(35)31-25)32-18-22-21(28(32)36)2-1-3-23(22)30-26(34)19-40-15-14-38-11-10-37-12-13-39-16-17-41-20-6-8-29-9-7-20;/h1-3,20,24,29H,4-19H2,(H,30,34)(H,31,33,35);1H. The predicted molar refractivity (Wildman–Crippen MR) is 153 cm³/mol. The van der Waals surface area contributed by atoms with Crippen molar-refractivity contribution >= 4 is 41.7 Å². The van der Waals surface area contributed by atoms with E-state index in [1.807, 2.05) is 0 Å². The van der Waals surface area contributed by atoms with Gasteiger partial charge >= 0.3 is 0 Å². The molecule has 42 heavy (non-hydrogen) atoms. The van der Waals surface area contributed by atoms with Crippen molar-refractivity contribution in [2.24, 2.45) is 0 Å². The Morgan fingerprint density at radius 2 is 1.52 bits per heavy atom. The maximum absolute atomic E-state index is 12.9. The Balaban J connectivity index is 0.00000484. The van der Waals surface area contributed by atoms with E-state index in [2.05, 4.69) is 16.0 Å².